The van der Waals surface area contributed by atoms with Gasteiger partial charge in [-0.15, -0.1) is 0 Å². The summed E-state index contributed by atoms with van der Waals surface area (Å²) in [5, 5.41) is 0.134. The minimum atomic E-state index is -4.44. The molecule has 0 amide bonds. The number of alkyl halides is 3. The van der Waals surface area contributed by atoms with Gasteiger partial charge in [0.2, 0.25) is 0 Å². The molecule has 9 heteroatoms. The minimum absolute atomic E-state index is 0.0838. The van der Waals surface area contributed by atoms with Crippen molar-refractivity contribution in [2.75, 3.05) is 6.26 Å². The van der Waals surface area contributed by atoms with Crippen molar-refractivity contribution in [2.24, 2.45) is 0 Å². The van der Waals surface area contributed by atoms with E-state index < -0.39 is 21.6 Å². The number of aromatic nitrogens is 1. The van der Waals surface area contributed by atoms with E-state index >= 15 is 0 Å². The van der Waals surface area contributed by atoms with Gasteiger partial charge in [0.1, 0.15) is 5.75 Å². The van der Waals surface area contributed by atoms with E-state index in [1.165, 1.54) is 24.3 Å². The summed E-state index contributed by atoms with van der Waals surface area (Å²) in [6.45, 7) is 0. The predicted molar refractivity (Wildman–Crippen MR) is 84.2 cm³/mol. The van der Waals surface area contributed by atoms with E-state index in [4.69, 9.17) is 4.74 Å². The number of rotatable bonds is 3. The van der Waals surface area contributed by atoms with Gasteiger partial charge < -0.3 is 4.74 Å². The van der Waals surface area contributed by atoms with Gasteiger partial charge in [-0.1, -0.05) is 17.4 Å². The van der Waals surface area contributed by atoms with Crippen molar-refractivity contribution < 1.29 is 26.3 Å². The summed E-state index contributed by atoms with van der Waals surface area (Å²) in [5.41, 5.74) is -0.616. The highest BCUT2D eigenvalue weighted by atomic mass is 32.2. The molecule has 0 atom stereocenters. The lowest BCUT2D eigenvalue weighted by molar-refractivity contribution is -0.137. The summed E-state index contributed by atoms with van der Waals surface area (Å²) in [5.74, 6) is 0.244. The maximum absolute atomic E-state index is 12.7. The topological polar surface area (TPSA) is 56.3 Å². The Balaban J connectivity index is 1.94. The Hall–Kier alpha value is -2.13. The quantitative estimate of drug-likeness (QED) is 0.678. The van der Waals surface area contributed by atoms with Crippen molar-refractivity contribution in [3.63, 3.8) is 0 Å². The molecule has 0 saturated carbocycles. The molecular weight excluding hydrogens is 363 g/mol. The van der Waals surface area contributed by atoms with Crippen LogP contribution in [-0.4, -0.2) is 19.7 Å². The van der Waals surface area contributed by atoms with Gasteiger partial charge in [-0.05, 0) is 36.4 Å². The highest BCUT2D eigenvalue weighted by molar-refractivity contribution is 7.90. The van der Waals surface area contributed by atoms with Crippen LogP contribution in [0.2, 0.25) is 0 Å². The van der Waals surface area contributed by atoms with Crippen molar-refractivity contribution >= 4 is 31.4 Å². The van der Waals surface area contributed by atoms with Crippen LogP contribution in [0.1, 0.15) is 5.56 Å². The van der Waals surface area contributed by atoms with Gasteiger partial charge in [0.15, 0.2) is 9.84 Å². The third-order valence-electron chi connectivity index (χ3n) is 3.13. The Bertz CT molecular complexity index is 1010. The maximum atomic E-state index is 12.7. The normalized spacial score (nSPS) is 12.5. The Labute approximate surface area is 139 Å². The summed E-state index contributed by atoms with van der Waals surface area (Å²) >= 11 is 1.07. The number of halogens is 3. The fourth-order valence-electron chi connectivity index (χ4n) is 2.00. The van der Waals surface area contributed by atoms with Crippen LogP contribution in [0.4, 0.5) is 13.2 Å². The number of thiazole rings is 1. The first-order chi connectivity index (χ1) is 11.1. The third kappa shape index (κ3) is 3.51. The van der Waals surface area contributed by atoms with E-state index in [2.05, 4.69) is 4.98 Å². The average molecular weight is 373 g/mol. The molecular formula is C15H10F3NO3S2. The second kappa shape index (κ2) is 5.75. The first kappa shape index (κ1) is 16.7. The number of hydrogen-bond acceptors (Lipinski definition) is 5. The van der Waals surface area contributed by atoms with E-state index in [9.17, 15) is 21.6 Å². The van der Waals surface area contributed by atoms with Crippen molar-refractivity contribution in [2.45, 2.75) is 11.1 Å². The standard InChI is InChI=1S/C15H10F3NO3S2/c1-24(20,21)11-4-2-3-10(8-11)22-14-19-12-7-9(15(16,17)18)5-6-13(12)23-14/h2-8H,1H3. The van der Waals surface area contributed by atoms with Gasteiger partial charge in [0.25, 0.3) is 5.19 Å². The first-order valence-corrected chi connectivity index (χ1v) is 9.29. The number of fused-ring (bicyclic) bond motifs is 1. The number of hydrogen-bond donors (Lipinski definition) is 0. The van der Waals surface area contributed by atoms with Crippen molar-refractivity contribution in [3.8, 4) is 10.9 Å². The van der Waals surface area contributed by atoms with Gasteiger partial charge in [-0.2, -0.15) is 13.2 Å². The van der Waals surface area contributed by atoms with Crippen LogP contribution < -0.4 is 4.74 Å². The second-order valence-electron chi connectivity index (χ2n) is 5.01. The molecule has 1 aromatic heterocycles. The van der Waals surface area contributed by atoms with Gasteiger partial charge in [0.05, 0.1) is 20.7 Å². The van der Waals surface area contributed by atoms with E-state index in [1.807, 2.05) is 0 Å². The third-order valence-corrected chi connectivity index (χ3v) is 5.16. The van der Waals surface area contributed by atoms with Crippen LogP contribution in [0.3, 0.4) is 0 Å². The molecule has 24 heavy (non-hydrogen) atoms. The molecule has 0 fully saturated rings. The number of benzene rings is 2. The largest absolute Gasteiger partial charge is 0.431 e. The summed E-state index contributed by atoms with van der Waals surface area (Å²) < 4.78 is 67.2. The van der Waals surface area contributed by atoms with E-state index in [1.54, 1.807) is 6.07 Å². The SMILES string of the molecule is CS(=O)(=O)c1cccc(Oc2nc3cc(C(F)(F)F)ccc3s2)c1. The smallest absolute Gasteiger partial charge is 0.416 e. The lowest BCUT2D eigenvalue weighted by Gasteiger charge is -2.04. The molecule has 2 aromatic carbocycles. The summed E-state index contributed by atoms with van der Waals surface area (Å²) in [6, 6.07) is 9.08. The van der Waals surface area contributed by atoms with Gasteiger partial charge in [0, 0.05) is 6.26 Å². The predicted octanol–water partition coefficient (Wildman–Crippen LogP) is 4.51. The van der Waals surface area contributed by atoms with Crippen LogP contribution in [0, 0.1) is 0 Å². The van der Waals surface area contributed by atoms with Gasteiger partial charge in [-0.25, -0.2) is 13.4 Å². The molecule has 3 aromatic rings. The fourth-order valence-corrected chi connectivity index (χ4v) is 3.47. The molecule has 0 bridgehead atoms. The van der Waals surface area contributed by atoms with Crippen molar-refractivity contribution in [3.05, 3.63) is 48.0 Å². The summed E-state index contributed by atoms with van der Waals surface area (Å²) in [6.07, 6.45) is -3.37. The molecule has 0 spiro atoms. The molecule has 4 nitrogen and oxygen atoms in total. The van der Waals surface area contributed by atoms with Crippen LogP contribution in [0.25, 0.3) is 10.2 Å². The lowest BCUT2D eigenvalue weighted by atomic mass is 10.2. The van der Waals surface area contributed by atoms with Crippen molar-refractivity contribution in [1.82, 2.24) is 4.98 Å². The Morgan fingerprint density at radius 3 is 2.54 bits per heavy atom. The number of nitrogens with zero attached hydrogens (tertiary/aromatic N) is 1. The minimum Gasteiger partial charge on any atom is -0.431 e. The van der Waals surface area contributed by atoms with E-state index in [-0.39, 0.29) is 21.4 Å². The van der Waals surface area contributed by atoms with E-state index in [0.717, 1.165) is 29.7 Å². The Kier molecular flexibility index (Phi) is 4.00. The average Bonchev–Trinajstić information content (AvgIpc) is 2.87. The molecule has 0 N–H and O–H groups in total. The summed E-state index contributed by atoms with van der Waals surface area (Å²) in [7, 11) is -3.39. The van der Waals surface area contributed by atoms with Crippen LogP contribution in [0.15, 0.2) is 47.4 Å². The molecule has 0 radical (unpaired) electrons. The number of ether oxygens (including phenoxy) is 1. The van der Waals surface area contributed by atoms with Gasteiger partial charge in [-0.3, -0.25) is 0 Å². The van der Waals surface area contributed by atoms with Crippen molar-refractivity contribution in [1.29, 1.82) is 0 Å². The monoisotopic (exact) mass is 373 g/mol. The molecule has 0 aliphatic carbocycles. The first-order valence-electron chi connectivity index (χ1n) is 6.59. The van der Waals surface area contributed by atoms with Crippen LogP contribution in [-0.2, 0) is 16.0 Å². The number of sulfone groups is 1. The summed E-state index contributed by atoms with van der Waals surface area (Å²) in [4.78, 5) is 4.10. The maximum Gasteiger partial charge on any atom is 0.416 e. The van der Waals surface area contributed by atoms with Gasteiger partial charge >= 0.3 is 6.18 Å². The molecule has 3 rings (SSSR count). The molecule has 0 saturated heterocycles. The molecule has 0 aliphatic heterocycles. The highest BCUT2D eigenvalue weighted by Crippen LogP contribution is 2.36. The van der Waals surface area contributed by atoms with Crippen LogP contribution in [0.5, 0.6) is 10.9 Å². The Morgan fingerprint density at radius 2 is 1.88 bits per heavy atom. The fraction of sp³-hybridized carbons (Fsp3) is 0.133. The molecule has 1 heterocycles. The lowest BCUT2D eigenvalue weighted by Crippen LogP contribution is -2.03. The highest BCUT2D eigenvalue weighted by Gasteiger charge is 2.30. The zero-order chi connectivity index (χ0) is 17.5. The zero-order valence-electron chi connectivity index (χ0n) is 12.2. The Morgan fingerprint density at radius 1 is 1.12 bits per heavy atom. The zero-order valence-corrected chi connectivity index (χ0v) is 13.8. The molecule has 0 unspecified atom stereocenters. The van der Waals surface area contributed by atoms with E-state index in [0.29, 0.717) is 4.70 Å². The molecule has 126 valence electrons. The molecule has 0 aliphatic rings. The van der Waals surface area contributed by atoms with Crippen LogP contribution >= 0.6 is 11.3 Å². The second-order valence-corrected chi connectivity index (χ2v) is 8.02.